The quantitative estimate of drug-likeness (QED) is 0.121. The van der Waals surface area contributed by atoms with Crippen LogP contribution in [0.15, 0.2) is 489 Å². The van der Waals surface area contributed by atoms with Crippen LogP contribution in [0.2, 0.25) is 0 Å². The van der Waals surface area contributed by atoms with Crippen LogP contribution in [0.25, 0.3) is 143 Å². The molecular formula is C119H79N9OS. The SMILES string of the molecule is O=C(c1cccc(-n2ccc3ccc4c5ccccc5n(-c5ccccc5)c4c32)c1)c1ccc2ccccc2c1.c1ccc(-n2c3ccccc3c3ccc4ccn(-c5ccc(N6c7ccccc7Sc7ccccc76)cc5)c4c32)cc1.c1ccc(N2c3ccccc3N(c3cccc(-n4ccc5ccc6c7ccccc7n(-c7ccccc7)c6c54)c3)c3ccccc32)cc1. The van der Waals surface area contributed by atoms with E-state index in [0.717, 1.165) is 95.4 Å². The van der Waals surface area contributed by atoms with Crippen LogP contribution in [0, 0.1) is 0 Å². The Morgan fingerprint density at radius 1 is 0.185 bits per heavy atom. The zero-order valence-corrected chi connectivity index (χ0v) is 71.3. The van der Waals surface area contributed by atoms with Crippen molar-refractivity contribution in [3.63, 3.8) is 0 Å². The molecule has 0 amide bonds. The molecule has 0 unspecified atom stereocenters. The molecule has 2 aliphatic rings. The molecular weight excluding hydrogens is 1600 g/mol. The molecule has 10 nitrogen and oxygen atoms in total. The van der Waals surface area contributed by atoms with Crippen LogP contribution >= 0.6 is 11.8 Å². The lowest BCUT2D eigenvalue weighted by molar-refractivity contribution is 0.103. The van der Waals surface area contributed by atoms with Crippen LogP contribution in [0.4, 0.5) is 51.2 Å². The number of rotatable bonds is 11. The van der Waals surface area contributed by atoms with E-state index >= 15 is 0 Å². The van der Waals surface area contributed by atoms with E-state index in [-0.39, 0.29) is 5.78 Å². The van der Waals surface area contributed by atoms with Gasteiger partial charge in [0.15, 0.2) is 5.78 Å². The van der Waals surface area contributed by atoms with Crippen LogP contribution in [-0.4, -0.2) is 33.2 Å². The molecule has 0 bridgehead atoms. The van der Waals surface area contributed by atoms with Gasteiger partial charge >= 0.3 is 0 Å². The maximum absolute atomic E-state index is 13.6. The standard InChI is InChI=1S/C44H30N4.C38H25N3S.C37H24N2O/c1-3-14-32(15-4-1)46-39-22-9-11-24-41(39)47(42-25-12-10-23-40(42)46)35-19-13-18-34(30-35)45-29-28-31-26-27-37-36-20-7-8-21-38(36)48(44(37)43(31)45)33-16-5-2-6-17-33;1-2-10-28(11-3-1)41-32-13-5-4-12-30(32)31-23-18-26-24-25-39(37(26)38(31)41)27-19-21-29(22-20-27)40-33-14-6-8-16-35(33)42-36-17-9-7-15-34(36)40;40-37(29-18-17-25-9-4-5-10-27(25)23-29)28-11-8-14-31(24-28)38-22-21-26-19-20-33-32-15-6-7-16-34(32)39(36(33)35(26)38)30-12-2-1-3-13-30/h1-30H;1-25H;1-24H. The molecule has 0 radical (unpaired) electrons. The molecule has 0 atom stereocenters. The monoisotopic (exact) mass is 1680 g/mol. The Morgan fingerprint density at radius 2 is 0.500 bits per heavy atom. The van der Waals surface area contributed by atoms with Crippen LogP contribution in [-0.2, 0) is 0 Å². The summed E-state index contributed by atoms with van der Waals surface area (Å²) in [5, 5.41) is 13.2. The third-order valence-electron chi connectivity index (χ3n) is 25.8. The highest BCUT2D eigenvalue weighted by molar-refractivity contribution is 7.99. The lowest BCUT2D eigenvalue weighted by Crippen LogP contribution is -2.23. The van der Waals surface area contributed by atoms with Crippen molar-refractivity contribution in [2.45, 2.75) is 9.79 Å². The summed E-state index contributed by atoms with van der Waals surface area (Å²) in [5.74, 6) is 0.0209. The maximum Gasteiger partial charge on any atom is 0.193 e. The van der Waals surface area contributed by atoms with Gasteiger partial charge in [0.2, 0.25) is 0 Å². The minimum absolute atomic E-state index is 0.0209. The average molecular weight is 1680 g/mol. The van der Waals surface area contributed by atoms with Crippen molar-refractivity contribution in [3.05, 3.63) is 491 Å². The molecule has 6 aromatic heterocycles. The lowest BCUT2D eigenvalue weighted by Gasteiger charge is -2.40. The van der Waals surface area contributed by atoms with E-state index in [9.17, 15) is 4.79 Å². The molecule has 130 heavy (non-hydrogen) atoms. The van der Waals surface area contributed by atoms with E-state index < -0.39 is 0 Å². The molecule has 2 aliphatic heterocycles. The van der Waals surface area contributed by atoms with Gasteiger partial charge in [-0.2, -0.15) is 0 Å². The van der Waals surface area contributed by atoms with Crippen LogP contribution < -0.4 is 14.7 Å². The highest BCUT2D eigenvalue weighted by atomic mass is 32.2. The molecule has 8 heterocycles. The molecule has 11 heteroatoms. The normalized spacial score (nSPS) is 12.3. The third-order valence-corrected chi connectivity index (χ3v) is 27.0. The molecule has 0 saturated heterocycles. The van der Waals surface area contributed by atoms with E-state index in [1.165, 1.54) is 109 Å². The molecule has 0 spiro atoms. The Morgan fingerprint density at radius 3 is 0.962 bits per heavy atom. The van der Waals surface area contributed by atoms with Gasteiger partial charge in [-0.1, -0.05) is 279 Å². The Bertz CT molecular complexity index is 8670. The van der Waals surface area contributed by atoms with Gasteiger partial charge in [0.25, 0.3) is 0 Å². The van der Waals surface area contributed by atoms with E-state index in [1.54, 1.807) is 0 Å². The van der Waals surface area contributed by atoms with Gasteiger partial charge in [-0.3, -0.25) is 4.79 Å². The molecule has 0 fully saturated rings. The van der Waals surface area contributed by atoms with Gasteiger partial charge in [-0.15, -0.1) is 0 Å². The number of carbonyl (C=O) groups excluding carboxylic acids is 1. The fourth-order valence-electron chi connectivity index (χ4n) is 20.1. The lowest BCUT2D eigenvalue weighted by atomic mass is 9.99. The van der Waals surface area contributed by atoms with E-state index in [1.807, 2.05) is 72.4 Å². The molecule has 0 saturated carbocycles. The summed E-state index contributed by atoms with van der Waals surface area (Å²) in [6.07, 6.45) is 6.52. The Labute approximate surface area is 753 Å². The second kappa shape index (κ2) is 31.2. The molecule has 612 valence electrons. The summed E-state index contributed by atoms with van der Waals surface area (Å²) in [7, 11) is 0. The summed E-state index contributed by atoms with van der Waals surface area (Å²) in [6, 6.07) is 163. The number of para-hydroxylation sites is 13. The number of nitrogens with zero attached hydrogens (tertiary/aromatic N) is 9. The van der Waals surface area contributed by atoms with E-state index in [2.05, 4.69) is 461 Å². The summed E-state index contributed by atoms with van der Waals surface area (Å²) >= 11 is 1.84. The molecule has 0 aliphatic carbocycles. The highest BCUT2D eigenvalue weighted by Gasteiger charge is 2.32. The number of benzene rings is 19. The predicted molar refractivity (Wildman–Crippen MR) is 542 cm³/mol. The van der Waals surface area contributed by atoms with Crippen molar-refractivity contribution in [3.8, 4) is 34.1 Å². The smallest absolute Gasteiger partial charge is 0.193 e. The fraction of sp³-hybridized carbons (Fsp3) is 0. The van der Waals surface area contributed by atoms with E-state index in [0.29, 0.717) is 11.1 Å². The first-order valence-corrected chi connectivity index (χ1v) is 44.9. The number of anilines is 9. The molecule has 27 rings (SSSR count). The predicted octanol–water partition coefficient (Wildman–Crippen LogP) is 31.8. The fourth-order valence-corrected chi connectivity index (χ4v) is 21.2. The third kappa shape index (κ3) is 12.5. The Kier molecular flexibility index (Phi) is 18.1. The van der Waals surface area contributed by atoms with Crippen molar-refractivity contribution < 1.29 is 4.79 Å². The van der Waals surface area contributed by atoms with Gasteiger partial charge in [-0.05, 0) is 205 Å². The number of hydrogen-bond donors (Lipinski definition) is 0. The first-order valence-electron chi connectivity index (χ1n) is 44.1. The maximum atomic E-state index is 13.6. The topological polar surface area (TPSA) is 56.4 Å². The molecule has 25 aromatic rings. The minimum Gasteiger partial charge on any atom is -0.315 e. The van der Waals surface area contributed by atoms with Gasteiger partial charge in [0, 0.05) is 139 Å². The van der Waals surface area contributed by atoms with Gasteiger partial charge in [0.05, 0.1) is 83.8 Å². The van der Waals surface area contributed by atoms with Gasteiger partial charge in [-0.25, -0.2) is 0 Å². The first kappa shape index (κ1) is 75.4. The summed E-state index contributed by atoms with van der Waals surface area (Å²) < 4.78 is 14.1. The van der Waals surface area contributed by atoms with E-state index in [4.69, 9.17) is 0 Å². The summed E-state index contributed by atoms with van der Waals surface area (Å²) in [4.78, 5) is 23.3. The Balaban J connectivity index is 0.000000106. The Hall–Kier alpha value is -17.1. The second-order valence-corrected chi connectivity index (χ2v) is 34.2. The van der Waals surface area contributed by atoms with Crippen LogP contribution in [0.3, 0.4) is 0 Å². The van der Waals surface area contributed by atoms with Crippen molar-refractivity contribution in [2.75, 3.05) is 14.7 Å². The number of aromatic nitrogens is 6. The van der Waals surface area contributed by atoms with Crippen LogP contribution in [0.1, 0.15) is 15.9 Å². The summed E-state index contributed by atoms with van der Waals surface area (Å²) in [5.41, 5.74) is 29.1. The van der Waals surface area contributed by atoms with Crippen molar-refractivity contribution in [1.82, 2.24) is 27.4 Å². The number of hydrogen-bond acceptors (Lipinski definition) is 5. The largest absolute Gasteiger partial charge is 0.315 e. The number of carbonyl (C=O) groups is 1. The van der Waals surface area contributed by atoms with Gasteiger partial charge in [0.1, 0.15) is 0 Å². The van der Waals surface area contributed by atoms with Crippen molar-refractivity contribution in [1.29, 1.82) is 0 Å². The zero-order valence-electron chi connectivity index (χ0n) is 70.5. The first-order chi connectivity index (χ1) is 64.5. The number of fused-ring (bicyclic) bond motifs is 20. The average Bonchev–Trinajstić information content (AvgIpc) is 1.58. The zero-order chi connectivity index (χ0) is 85.9. The van der Waals surface area contributed by atoms with Crippen LogP contribution in [0.5, 0.6) is 0 Å². The highest BCUT2D eigenvalue weighted by Crippen LogP contribution is 2.56. The van der Waals surface area contributed by atoms with Gasteiger partial charge < -0.3 is 42.1 Å². The van der Waals surface area contributed by atoms with Crippen molar-refractivity contribution in [2.24, 2.45) is 0 Å². The molecule has 19 aromatic carbocycles. The summed E-state index contributed by atoms with van der Waals surface area (Å²) in [6.45, 7) is 0. The molecule has 0 N–H and O–H groups in total. The number of ketones is 1. The second-order valence-electron chi connectivity index (χ2n) is 33.2. The minimum atomic E-state index is 0.0209. The van der Waals surface area contributed by atoms with Crippen molar-refractivity contribution >= 4 is 178 Å².